The number of carbonyl (C=O) groups is 1. The fraction of sp³-hybridized carbons (Fsp3) is 0.235. The van der Waals surface area contributed by atoms with Crippen molar-refractivity contribution in [2.45, 2.75) is 25.7 Å². The van der Waals surface area contributed by atoms with E-state index in [1.54, 1.807) is 0 Å². The number of anilines is 1. The maximum absolute atomic E-state index is 12.3. The molecule has 4 nitrogen and oxygen atoms in total. The second-order valence-corrected chi connectivity index (χ2v) is 5.34. The van der Waals surface area contributed by atoms with E-state index >= 15 is 0 Å². The maximum atomic E-state index is 12.3. The van der Waals surface area contributed by atoms with E-state index in [9.17, 15) is 15.0 Å². The van der Waals surface area contributed by atoms with Crippen molar-refractivity contribution in [3.8, 4) is 11.5 Å². The van der Waals surface area contributed by atoms with Gasteiger partial charge in [-0.3, -0.25) is 4.79 Å². The summed E-state index contributed by atoms with van der Waals surface area (Å²) in [4.78, 5) is 12.3. The third-order valence-electron chi connectivity index (χ3n) is 3.81. The number of amides is 1. The molecular formula is C17H17NO3. The van der Waals surface area contributed by atoms with Crippen molar-refractivity contribution in [2.75, 3.05) is 5.32 Å². The van der Waals surface area contributed by atoms with Crippen LogP contribution in [-0.4, -0.2) is 16.1 Å². The van der Waals surface area contributed by atoms with Crippen LogP contribution in [0.15, 0.2) is 36.4 Å². The highest BCUT2D eigenvalue weighted by Crippen LogP contribution is 2.28. The van der Waals surface area contributed by atoms with Gasteiger partial charge in [-0.1, -0.05) is 12.1 Å². The quantitative estimate of drug-likeness (QED) is 0.792. The molecule has 1 aliphatic carbocycles. The molecule has 4 heteroatoms. The Morgan fingerprint density at radius 3 is 2.48 bits per heavy atom. The Labute approximate surface area is 123 Å². The summed E-state index contributed by atoms with van der Waals surface area (Å²) in [7, 11) is 0. The number of hydrogen-bond donors (Lipinski definition) is 3. The van der Waals surface area contributed by atoms with Gasteiger partial charge in [0.05, 0.1) is 0 Å². The van der Waals surface area contributed by atoms with E-state index in [4.69, 9.17) is 0 Å². The zero-order chi connectivity index (χ0) is 14.8. The van der Waals surface area contributed by atoms with Crippen molar-refractivity contribution in [1.29, 1.82) is 0 Å². The van der Waals surface area contributed by atoms with Gasteiger partial charge in [-0.05, 0) is 55.0 Å². The predicted octanol–water partition coefficient (Wildman–Crippen LogP) is 3.23. The van der Waals surface area contributed by atoms with Gasteiger partial charge < -0.3 is 15.5 Å². The lowest BCUT2D eigenvalue weighted by Gasteiger charge is -2.19. The molecule has 0 heterocycles. The fourth-order valence-electron chi connectivity index (χ4n) is 2.82. The second-order valence-electron chi connectivity index (χ2n) is 5.34. The number of hydrogen-bond acceptors (Lipinski definition) is 3. The first-order valence-electron chi connectivity index (χ1n) is 7.08. The molecule has 0 saturated heterocycles. The summed E-state index contributed by atoms with van der Waals surface area (Å²) in [6.07, 6.45) is 4.33. The molecule has 0 radical (unpaired) electrons. The van der Waals surface area contributed by atoms with Gasteiger partial charge in [0.1, 0.15) is 11.5 Å². The number of carbonyl (C=O) groups excluding carboxylic acids is 1. The monoisotopic (exact) mass is 283 g/mol. The van der Waals surface area contributed by atoms with Gasteiger partial charge in [0.15, 0.2) is 0 Å². The molecular weight excluding hydrogens is 266 g/mol. The van der Waals surface area contributed by atoms with Crippen LogP contribution in [0, 0.1) is 0 Å². The molecule has 0 saturated carbocycles. The van der Waals surface area contributed by atoms with E-state index in [-0.39, 0.29) is 23.0 Å². The van der Waals surface area contributed by atoms with Crippen LogP contribution in [0.3, 0.4) is 0 Å². The van der Waals surface area contributed by atoms with Crippen molar-refractivity contribution in [1.82, 2.24) is 0 Å². The Hall–Kier alpha value is -2.49. The molecule has 0 unspecified atom stereocenters. The van der Waals surface area contributed by atoms with Gasteiger partial charge >= 0.3 is 0 Å². The molecule has 0 bridgehead atoms. The van der Waals surface area contributed by atoms with Gasteiger partial charge in [-0.15, -0.1) is 0 Å². The number of phenols is 2. The molecule has 0 fully saturated rings. The predicted molar refractivity (Wildman–Crippen MR) is 80.8 cm³/mol. The Kier molecular flexibility index (Phi) is 3.52. The average molecular weight is 283 g/mol. The molecule has 3 rings (SSSR count). The Balaban J connectivity index is 1.88. The van der Waals surface area contributed by atoms with Gasteiger partial charge in [0, 0.05) is 17.3 Å². The second kappa shape index (κ2) is 5.48. The molecule has 2 aromatic carbocycles. The van der Waals surface area contributed by atoms with Crippen LogP contribution in [0.4, 0.5) is 5.69 Å². The first kappa shape index (κ1) is 13.5. The van der Waals surface area contributed by atoms with Crippen molar-refractivity contribution < 1.29 is 15.0 Å². The molecule has 1 amide bonds. The smallest absolute Gasteiger partial charge is 0.255 e. The van der Waals surface area contributed by atoms with Crippen molar-refractivity contribution in [2.24, 2.45) is 0 Å². The molecule has 108 valence electrons. The molecule has 0 spiro atoms. The minimum absolute atomic E-state index is 0.129. The first-order valence-corrected chi connectivity index (χ1v) is 7.08. The highest BCUT2D eigenvalue weighted by molar-refractivity contribution is 6.05. The van der Waals surface area contributed by atoms with Crippen molar-refractivity contribution in [3.05, 3.63) is 53.1 Å². The summed E-state index contributed by atoms with van der Waals surface area (Å²) in [6, 6.07) is 9.81. The van der Waals surface area contributed by atoms with Crippen LogP contribution < -0.4 is 5.32 Å². The maximum Gasteiger partial charge on any atom is 0.255 e. The van der Waals surface area contributed by atoms with E-state index in [1.165, 1.54) is 35.7 Å². The van der Waals surface area contributed by atoms with Gasteiger partial charge in [0.2, 0.25) is 0 Å². The average Bonchev–Trinajstić information content (AvgIpc) is 2.46. The highest BCUT2D eigenvalue weighted by atomic mass is 16.3. The zero-order valence-electron chi connectivity index (χ0n) is 11.6. The molecule has 0 aromatic heterocycles. The van der Waals surface area contributed by atoms with Gasteiger partial charge in [-0.25, -0.2) is 0 Å². The van der Waals surface area contributed by atoms with Crippen LogP contribution >= 0.6 is 0 Å². The molecule has 21 heavy (non-hydrogen) atoms. The van der Waals surface area contributed by atoms with Gasteiger partial charge in [0.25, 0.3) is 5.91 Å². The molecule has 1 aliphatic rings. The number of fused-ring (bicyclic) bond motifs is 1. The summed E-state index contributed by atoms with van der Waals surface area (Å²) >= 11 is 0. The standard InChI is InChI=1S/C17H17NO3/c19-13-8-12(9-14(20)10-13)17(21)18-16-7-3-5-11-4-1-2-6-15(11)16/h3,5,7-10,19-20H,1-2,4,6H2,(H,18,21). The molecule has 0 aliphatic heterocycles. The third-order valence-corrected chi connectivity index (χ3v) is 3.81. The van der Waals surface area contributed by atoms with Crippen LogP contribution in [0.1, 0.15) is 34.3 Å². The highest BCUT2D eigenvalue weighted by Gasteiger charge is 2.15. The minimum atomic E-state index is -0.333. The molecule has 2 aromatic rings. The number of aryl methyl sites for hydroxylation is 1. The van der Waals surface area contributed by atoms with Crippen LogP contribution in [0.2, 0.25) is 0 Å². The summed E-state index contributed by atoms with van der Waals surface area (Å²) < 4.78 is 0. The SMILES string of the molecule is O=C(Nc1cccc2c1CCCC2)c1cc(O)cc(O)c1. The lowest BCUT2D eigenvalue weighted by Crippen LogP contribution is -2.15. The van der Waals surface area contributed by atoms with Crippen molar-refractivity contribution >= 4 is 11.6 Å². The zero-order valence-corrected chi connectivity index (χ0v) is 11.6. The van der Waals surface area contributed by atoms with Crippen LogP contribution in [-0.2, 0) is 12.8 Å². The van der Waals surface area contributed by atoms with E-state index in [0.29, 0.717) is 0 Å². The van der Waals surface area contributed by atoms with Crippen LogP contribution in [0.25, 0.3) is 0 Å². The van der Waals surface area contributed by atoms with E-state index in [0.717, 1.165) is 24.9 Å². The van der Waals surface area contributed by atoms with Crippen molar-refractivity contribution in [3.63, 3.8) is 0 Å². The largest absolute Gasteiger partial charge is 0.508 e. The normalized spacial score (nSPS) is 13.5. The Morgan fingerprint density at radius 2 is 1.71 bits per heavy atom. The lowest BCUT2D eigenvalue weighted by atomic mass is 9.90. The van der Waals surface area contributed by atoms with E-state index in [2.05, 4.69) is 11.4 Å². The first-order chi connectivity index (χ1) is 10.1. The molecule has 0 atom stereocenters. The summed E-state index contributed by atoms with van der Waals surface area (Å²) in [5.41, 5.74) is 3.54. The number of benzene rings is 2. The molecule has 3 N–H and O–H groups in total. The fourth-order valence-corrected chi connectivity index (χ4v) is 2.82. The van der Waals surface area contributed by atoms with E-state index in [1.807, 2.05) is 12.1 Å². The Bertz CT molecular complexity index is 674. The number of nitrogens with one attached hydrogen (secondary N) is 1. The minimum Gasteiger partial charge on any atom is -0.508 e. The summed E-state index contributed by atoms with van der Waals surface area (Å²) in [5.74, 6) is -0.592. The van der Waals surface area contributed by atoms with Crippen LogP contribution in [0.5, 0.6) is 11.5 Å². The number of aromatic hydroxyl groups is 2. The van der Waals surface area contributed by atoms with E-state index < -0.39 is 0 Å². The van der Waals surface area contributed by atoms with Gasteiger partial charge in [-0.2, -0.15) is 0 Å². The lowest BCUT2D eigenvalue weighted by molar-refractivity contribution is 0.102. The Morgan fingerprint density at radius 1 is 1.00 bits per heavy atom. The summed E-state index contributed by atoms with van der Waals surface area (Å²) in [5, 5.41) is 21.8. The number of phenolic OH excluding ortho intramolecular Hbond substituents is 2. The topological polar surface area (TPSA) is 69.6 Å². The number of rotatable bonds is 2. The summed E-state index contributed by atoms with van der Waals surface area (Å²) in [6.45, 7) is 0. The third kappa shape index (κ3) is 2.84.